The standard InChI is InChI=1S/C31H42F5NO7S/c1-17(16-43-27(40)37-45(41,42)21-6-4-20(5-7-21)44-31(35,36)30(32,33)34)22-8-9-23-26-24(11-13-29(22,23)3)28(2)12-10-19(38)14-18(28)15-25(26)39/h4-7,17-19,22-26,38-39H,8-16H2,1-3H3,(H,37,40)/t17-,18+,19-,22-,23+,24+,25-,26+,28+,29-/m1/s1. The number of carbonyl (C=O) groups excluding carboxylic acids is 1. The van der Waals surface area contributed by atoms with Crippen molar-refractivity contribution < 1.29 is 54.9 Å². The lowest BCUT2D eigenvalue weighted by atomic mass is 9.43. The number of ether oxygens (including phenoxy) is 2. The Morgan fingerprint density at radius 2 is 1.60 bits per heavy atom. The number of carbonyl (C=O) groups is 1. The third kappa shape index (κ3) is 6.27. The van der Waals surface area contributed by atoms with Crippen LogP contribution in [-0.4, -0.2) is 55.8 Å². The molecule has 3 N–H and O–H groups in total. The molecule has 0 aliphatic heterocycles. The SMILES string of the molecule is C[C@H](COC(=O)NS(=O)(=O)c1ccc(OC(F)(F)C(F)(F)F)cc1)[C@H]1CC[C@H]2[C@@H]3[C@H](O)C[C@@H]4C[C@H](O)CC[C@]4(C)[C@H]3CC[C@]12C. The van der Waals surface area contributed by atoms with Crippen molar-refractivity contribution in [3.63, 3.8) is 0 Å². The van der Waals surface area contributed by atoms with Gasteiger partial charge in [-0.1, -0.05) is 20.8 Å². The van der Waals surface area contributed by atoms with Gasteiger partial charge in [-0.25, -0.2) is 17.9 Å². The maximum atomic E-state index is 13.1. The topological polar surface area (TPSA) is 122 Å². The molecule has 0 heterocycles. The number of benzene rings is 1. The Morgan fingerprint density at radius 3 is 2.24 bits per heavy atom. The summed E-state index contributed by atoms with van der Waals surface area (Å²) >= 11 is 0. The van der Waals surface area contributed by atoms with Crippen LogP contribution in [0.1, 0.15) is 72.1 Å². The fourth-order valence-electron chi connectivity index (χ4n) is 9.59. The number of halogens is 5. The Hall–Kier alpha value is -2.19. The molecule has 5 rings (SSSR count). The molecule has 0 aromatic heterocycles. The highest BCUT2D eigenvalue weighted by Crippen LogP contribution is 2.68. The maximum Gasteiger partial charge on any atom is 0.499 e. The van der Waals surface area contributed by atoms with Gasteiger partial charge >= 0.3 is 18.4 Å². The van der Waals surface area contributed by atoms with Gasteiger partial charge in [0.1, 0.15) is 5.75 Å². The first-order valence-electron chi connectivity index (χ1n) is 15.6. The van der Waals surface area contributed by atoms with Crippen LogP contribution < -0.4 is 9.46 Å². The van der Waals surface area contributed by atoms with E-state index in [-0.39, 0.29) is 41.3 Å². The zero-order valence-corrected chi connectivity index (χ0v) is 26.3. The maximum absolute atomic E-state index is 13.1. The number of alkyl halides is 5. The summed E-state index contributed by atoms with van der Waals surface area (Å²) in [6.45, 7) is 6.51. The monoisotopic (exact) mass is 667 g/mol. The molecule has 4 aliphatic carbocycles. The highest BCUT2D eigenvalue weighted by atomic mass is 32.2. The molecular weight excluding hydrogens is 625 g/mol. The van der Waals surface area contributed by atoms with Crippen LogP contribution in [0.25, 0.3) is 0 Å². The number of nitrogens with one attached hydrogen (secondary N) is 1. The average molecular weight is 668 g/mol. The van der Waals surface area contributed by atoms with E-state index >= 15 is 0 Å². The normalized spacial score (nSPS) is 37.5. The Kier molecular flexibility index (Phi) is 8.96. The molecule has 0 spiro atoms. The van der Waals surface area contributed by atoms with Crippen molar-refractivity contribution in [2.24, 2.45) is 46.3 Å². The van der Waals surface area contributed by atoms with Crippen molar-refractivity contribution >= 4 is 16.1 Å². The lowest BCUT2D eigenvalue weighted by molar-refractivity contribution is -0.360. The molecule has 10 atom stereocenters. The Labute approximate surface area is 260 Å². The van der Waals surface area contributed by atoms with Crippen LogP contribution in [0.5, 0.6) is 5.75 Å². The van der Waals surface area contributed by atoms with Crippen molar-refractivity contribution in [1.82, 2.24) is 4.72 Å². The molecule has 0 radical (unpaired) electrons. The predicted octanol–water partition coefficient (Wildman–Crippen LogP) is 6.26. The molecule has 0 unspecified atom stereocenters. The second kappa shape index (κ2) is 11.8. The van der Waals surface area contributed by atoms with Gasteiger partial charge < -0.3 is 19.7 Å². The van der Waals surface area contributed by atoms with E-state index < -0.39 is 45.2 Å². The summed E-state index contributed by atoms with van der Waals surface area (Å²) in [7, 11) is -4.52. The summed E-state index contributed by atoms with van der Waals surface area (Å²) in [5.74, 6) is 0.333. The first kappa shape index (κ1) is 34.2. The summed E-state index contributed by atoms with van der Waals surface area (Å²) < 4.78 is 99.3. The van der Waals surface area contributed by atoms with Gasteiger partial charge in [-0.15, -0.1) is 0 Å². The number of amides is 1. The zero-order valence-electron chi connectivity index (χ0n) is 25.5. The van der Waals surface area contributed by atoms with Crippen molar-refractivity contribution in [2.45, 2.75) is 102 Å². The van der Waals surface area contributed by atoms with Crippen molar-refractivity contribution in [3.8, 4) is 5.75 Å². The highest BCUT2D eigenvalue weighted by Gasteiger charge is 2.63. The van der Waals surface area contributed by atoms with Crippen molar-refractivity contribution in [2.75, 3.05) is 6.61 Å². The van der Waals surface area contributed by atoms with Gasteiger partial charge in [-0.2, -0.15) is 22.0 Å². The van der Waals surface area contributed by atoms with E-state index in [1.807, 2.05) is 6.92 Å². The molecular formula is C31H42F5NO7S. The van der Waals surface area contributed by atoms with Crippen LogP contribution in [0.3, 0.4) is 0 Å². The number of rotatable bonds is 7. The van der Waals surface area contributed by atoms with Crippen LogP contribution in [0.4, 0.5) is 26.7 Å². The summed E-state index contributed by atoms with van der Waals surface area (Å²) in [6, 6.07) is 2.70. The minimum Gasteiger partial charge on any atom is -0.449 e. The highest BCUT2D eigenvalue weighted by molar-refractivity contribution is 7.90. The molecule has 0 saturated heterocycles. The van der Waals surface area contributed by atoms with Crippen LogP contribution >= 0.6 is 0 Å². The Morgan fingerprint density at radius 1 is 0.978 bits per heavy atom. The van der Waals surface area contributed by atoms with E-state index in [1.165, 1.54) is 0 Å². The van der Waals surface area contributed by atoms with Gasteiger partial charge in [-0.3, -0.25) is 0 Å². The number of aliphatic hydroxyl groups excluding tert-OH is 2. The van der Waals surface area contributed by atoms with E-state index in [0.717, 1.165) is 57.1 Å². The summed E-state index contributed by atoms with van der Waals surface area (Å²) in [5, 5.41) is 21.7. The second-order valence-electron chi connectivity index (χ2n) is 14.2. The van der Waals surface area contributed by atoms with Crippen LogP contribution in [-0.2, 0) is 14.8 Å². The largest absolute Gasteiger partial charge is 0.499 e. The third-order valence-electron chi connectivity index (χ3n) is 11.8. The van der Waals surface area contributed by atoms with Crippen molar-refractivity contribution in [3.05, 3.63) is 24.3 Å². The van der Waals surface area contributed by atoms with E-state index in [9.17, 15) is 45.4 Å². The first-order chi connectivity index (χ1) is 20.8. The molecule has 14 heteroatoms. The number of aliphatic hydroxyl groups is 2. The van der Waals surface area contributed by atoms with Gasteiger partial charge in [0, 0.05) is 0 Å². The van der Waals surface area contributed by atoms with Crippen LogP contribution in [0.15, 0.2) is 29.2 Å². The Balaban J connectivity index is 1.18. The summed E-state index contributed by atoms with van der Waals surface area (Å²) in [5.41, 5.74) is 0.0138. The molecule has 45 heavy (non-hydrogen) atoms. The summed E-state index contributed by atoms with van der Waals surface area (Å²) in [4.78, 5) is 11.9. The van der Waals surface area contributed by atoms with Crippen molar-refractivity contribution in [1.29, 1.82) is 0 Å². The average Bonchev–Trinajstić information content (AvgIpc) is 3.29. The Bertz CT molecular complexity index is 1360. The van der Waals surface area contributed by atoms with Crippen LogP contribution in [0.2, 0.25) is 0 Å². The van der Waals surface area contributed by atoms with E-state index in [0.29, 0.717) is 36.3 Å². The van der Waals surface area contributed by atoms with Gasteiger partial charge in [-0.05, 0) is 122 Å². The first-order valence-corrected chi connectivity index (χ1v) is 17.1. The quantitative estimate of drug-likeness (QED) is 0.294. The van der Waals surface area contributed by atoms with Gasteiger partial charge in [0.2, 0.25) is 0 Å². The molecule has 8 nitrogen and oxygen atoms in total. The predicted molar refractivity (Wildman–Crippen MR) is 152 cm³/mol. The fourth-order valence-corrected chi connectivity index (χ4v) is 10.5. The fraction of sp³-hybridized carbons (Fsp3) is 0.774. The van der Waals surface area contributed by atoms with Gasteiger partial charge in [0.15, 0.2) is 0 Å². The summed E-state index contributed by atoms with van der Waals surface area (Å²) in [6.07, 6.45) is -6.40. The van der Waals surface area contributed by atoms with Gasteiger partial charge in [0.05, 0.1) is 23.7 Å². The number of fused-ring (bicyclic) bond motifs is 5. The lowest BCUT2D eigenvalue weighted by Gasteiger charge is -2.62. The molecule has 1 aromatic carbocycles. The molecule has 4 aliphatic rings. The molecule has 4 fully saturated rings. The van der Waals surface area contributed by atoms with E-state index in [2.05, 4.69) is 18.6 Å². The van der Waals surface area contributed by atoms with E-state index in [4.69, 9.17) is 4.74 Å². The molecule has 0 bridgehead atoms. The second-order valence-corrected chi connectivity index (χ2v) is 15.9. The van der Waals surface area contributed by atoms with Crippen LogP contribution in [0, 0.1) is 46.3 Å². The number of hydrogen-bond acceptors (Lipinski definition) is 7. The number of hydrogen-bond donors (Lipinski definition) is 3. The number of sulfonamides is 1. The minimum atomic E-state index is -5.96. The minimum absolute atomic E-state index is 0.0536. The molecule has 1 aromatic rings. The zero-order chi connectivity index (χ0) is 33.2. The molecule has 254 valence electrons. The molecule has 1 amide bonds. The van der Waals surface area contributed by atoms with E-state index in [1.54, 1.807) is 4.72 Å². The third-order valence-corrected chi connectivity index (χ3v) is 13.1. The smallest absolute Gasteiger partial charge is 0.449 e. The van der Waals surface area contributed by atoms with Gasteiger partial charge in [0.25, 0.3) is 10.0 Å². The lowest BCUT2D eigenvalue weighted by Crippen LogP contribution is -2.58. The molecule has 4 saturated carbocycles.